The van der Waals surface area contributed by atoms with Crippen LogP contribution in [0.5, 0.6) is 0 Å². The van der Waals surface area contributed by atoms with E-state index in [0.717, 1.165) is 0 Å². The number of nitrogens with one attached hydrogen (secondary N) is 1. The lowest BCUT2D eigenvalue weighted by Crippen LogP contribution is -2.48. The third-order valence-corrected chi connectivity index (χ3v) is 3.35. The fourth-order valence-corrected chi connectivity index (χ4v) is 1.86. The van der Waals surface area contributed by atoms with Gasteiger partial charge >= 0.3 is 0 Å². The SMILES string of the molecule is CC1Nc2c(nc(N)n(C)c2=O)N(C)C1C. The van der Waals surface area contributed by atoms with Crippen LogP contribution in [0.3, 0.4) is 0 Å². The highest BCUT2D eigenvalue weighted by Gasteiger charge is 2.29. The molecule has 2 rings (SSSR count). The summed E-state index contributed by atoms with van der Waals surface area (Å²) in [5, 5.41) is 3.18. The summed E-state index contributed by atoms with van der Waals surface area (Å²) in [6.07, 6.45) is 0. The van der Waals surface area contributed by atoms with Crippen molar-refractivity contribution in [2.45, 2.75) is 25.9 Å². The minimum atomic E-state index is -0.131. The van der Waals surface area contributed by atoms with Crippen LogP contribution in [0.25, 0.3) is 0 Å². The van der Waals surface area contributed by atoms with Crippen LogP contribution in [0.2, 0.25) is 0 Å². The molecule has 2 atom stereocenters. The van der Waals surface area contributed by atoms with E-state index in [-0.39, 0.29) is 23.6 Å². The van der Waals surface area contributed by atoms with Crippen molar-refractivity contribution in [2.75, 3.05) is 23.0 Å². The number of hydrogen-bond donors (Lipinski definition) is 2. The van der Waals surface area contributed by atoms with E-state index in [1.165, 1.54) is 4.57 Å². The van der Waals surface area contributed by atoms with Crippen molar-refractivity contribution in [1.82, 2.24) is 9.55 Å². The van der Waals surface area contributed by atoms with E-state index < -0.39 is 0 Å². The van der Waals surface area contributed by atoms with E-state index in [1.807, 2.05) is 18.9 Å². The van der Waals surface area contributed by atoms with Gasteiger partial charge in [-0.1, -0.05) is 0 Å². The first-order valence-corrected chi connectivity index (χ1v) is 5.29. The number of likely N-dealkylation sites (N-methyl/N-ethyl adjacent to an activating group) is 1. The highest BCUT2D eigenvalue weighted by molar-refractivity contribution is 5.69. The van der Waals surface area contributed by atoms with Crippen molar-refractivity contribution < 1.29 is 0 Å². The molecule has 88 valence electrons. The summed E-state index contributed by atoms with van der Waals surface area (Å²) in [7, 11) is 3.54. The maximum atomic E-state index is 12.0. The Morgan fingerprint density at radius 1 is 1.38 bits per heavy atom. The monoisotopic (exact) mass is 223 g/mol. The van der Waals surface area contributed by atoms with E-state index >= 15 is 0 Å². The van der Waals surface area contributed by atoms with Crippen molar-refractivity contribution in [1.29, 1.82) is 0 Å². The topological polar surface area (TPSA) is 76.2 Å². The second-order valence-electron chi connectivity index (χ2n) is 4.32. The van der Waals surface area contributed by atoms with Gasteiger partial charge in [0.15, 0.2) is 5.82 Å². The van der Waals surface area contributed by atoms with Gasteiger partial charge in [-0.3, -0.25) is 9.36 Å². The molecule has 6 nitrogen and oxygen atoms in total. The number of fused-ring (bicyclic) bond motifs is 1. The zero-order valence-electron chi connectivity index (χ0n) is 9.98. The summed E-state index contributed by atoms with van der Waals surface area (Å²) >= 11 is 0. The average Bonchev–Trinajstić information content (AvgIpc) is 2.25. The summed E-state index contributed by atoms with van der Waals surface area (Å²) in [6.45, 7) is 4.12. The maximum Gasteiger partial charge on any atom is 0.280 e. The van der Waals surface area contributed by atoms with Crippen molar-refractivity contribution >= 4 is 17.5 Å². The molecular weight excluding hydrogens is 206 g/mol. The van der Waals surface area contributed by atoms with Gasteiger partial charge in [0.1, 0.15) is 5.69 Å². The molecule has 0 fully saturated rings. The Morgan fingerprint density at radius 3 is 2.62 bits per heavy atom. The predicted octanol–water partition coefficient (Wildman–Crippen LogP) is 0.00120. The first-order valence-electron chi connectivity index (χ1n) is 5.29. The van der Waals surface area contributed by atoms with Gasteiger partial charge in [0.05, 0.1) is 0 Å². The molecule has 2 unspecified atom stereocenters. The molecule has 0 spiro atoms. The van der Waals surface area contributed by atoms with Gasteiger partial charge in [-0.25, -0.2) is 0 Å². The predicted molar refractivity (Wildman–Crippen MR) is 64.8 cm³/mol. The number of nitrogens with zero attached hydrogens (tertiary/aromatic N) is 3. The zero-order chi connectivity index (χ0) is 12.0. The minimum absolute atomic E-state index is 0.131. The van der Waals surface area contributed by atoms with Crippen molar-refractivity contribution in [3.8, 4) is 0 Å². The standard InChI is InChI=1S/C10H17N5O/c1-5-6(2)14(3)8-7(12-5)9(16)15(4)10(11)13-8/h5-6,12H,1-4H3,(H2,11,13). The van der Waals surface area contributed by atoms with Crippen LogP contribution in [-0.2, 0) is 7.05 Å². The molecule has 1 aliphatic heterocycles. The van der Waals surface area contributed by atoms with Crippen molar-refractivity contribution in [2.24, 2.45) is 7.05 Å². The van der Waals surface area contributed by atoms with Crippen LogP contribution in [-0.4, -0.2) is 28.7 Å². The third-order valence-electron chi connectivity index (χ3n) is 3.35. The number of aromatic nitrogens is 2. The molecule has 16 heavy (non-hydrogen) atoms. The average molecular weight is 223 g/mol. The fourth-order valence-electron chi connectivity index (χ4n) is 1.86. The quantitative estimate of drug-likeness (QED) is 0.647. The number of hydrogen-bond acceptors (Lipinski definition) is 5. The normalized spacial score (nSPS) is 23.9. The lowest BCUT2D eigenvalue weighted by atomic mass is 10.1. The first-order chi connectivity index (χ1) is 7.43. The summed E-state index contributed by atoms with van der Waals surface area (Å²) < 4.78 is 1.35. The van der Waals surface area contributed by atoms with Crippen molar-refractivity contribution in [3.05, 3.63) is 10.4 Å². The Bertz CT molecular complexity index is 481. The number of nitrogen functional groups attached to an aromatic ring is 1. The van der Waals surface area contributed by atoms with Gasteiger partial charge in [-0.15, -0.1) is 0 Å². The summed E-state index contributed by atoms with van der Waals surface area (Å²) in [5.74, 6) is 0.866. The smallest absolute Gasteiger partial charge is 0.280 e. The molecule has 0 saturated carbocycles. The Balaban J connectivity index is 2.66. The molecule has 1 aromatic heterocycles. The molecule has 0 saturated heterocycles. The number of anilines is 3. The van der Waals surface area contributed by atoms with E-state index in [9.17, 15) is 4.79 Å². The second-order valence-corrected chi connectivity index (χ2v) is 4.32. The molecular formula is C10H17N5O. The fraction of sp³-hybridized carbons (Fsp3) is 0.600. The summed E-state index contributed by atoms with van der Waals surface area (Å²) in [4.78, 5) is 18.2. The molecule has 1 aromatic rings. The number of nitrogens with two attached hydrogens (primary N) is 1. The second kappa shape index (κ2) is 3.40. The molecule has 0 amide bonds. The lowest BCUT2D eigenvalue weighted by molar-refractivity contribution is 0.576. The molecule has 0 aliphatic carbocycles. The minimum Gasteiger partial charge on any atom is -0.373 e. The Morgan fingerprint density at radius 2 is 2.00 bits per heavy atom. The van der Waals surface area contributed by atoms with E-state index in [1.54, 1.807) is 7.05 Å². The van der Waals surface area contributed by atoms with Crippen LogP contribution >= 0.6 is 0 Å². The maximum absolute atomic E-state index is 12.0. The van der Waals surface area contributed by atoms with E-state index in [2.05, 4.69) is 17.2 Å². The van der Waals surface area contributed by atoms with Gasteiger partial charge in [-0.05, 0) is 13.8 Å². The Labute approximate surface area is 94.1 Å². The van der Waals surface area contributed by atoms with Crippen LogP contribution < -0.4 is 21.5 Å². The zero-order valence-corrected chi connectivity index (χ0v) is 9.98. The summed E-state index contributed by atoms with van der Waals surface area (Å²) in [5.41, 5.74) is 6.09. The van der Waals surface area contributed by atoms with E-state index in [0.29, 0.717) is 11.5 Å². The molecule has 0 bridgehead atoms. The van der Waals surface area contributed by atoms with Crippen LogP contribution in [0.15, 0.2) is 4.79 Å². The van der Waals surface area contributed by atoms with E-state index in [4.69, 9.17) is 5.73 Å². The van der Waals surface area contributed by atoms with Gasteiger partial charge in [0, 0.05) is 26.2 Å². The first kappa shape index (κ1) is 10.8. The van der Waals surface area contributed by atoms with Gasteiger partial charge < -0.3 is 16.0 Å². The van der Waals surface area contributed by atoms with Crippen LogP contribution in [0.4, 0.5) is 17.5 Å². The molecule has 1 aliphatic rings. The molecule has 0 aromatic carbocycles. The Kier molecular flexibility index (Phi) is 2.29. The number of rotatable bonds is 0. The van der Waals surface area contributed by atoms with Crippen LogP contribution in [0, 0.1) is 0 Å². The van der Waals surface area contributed by atoms with Crippen molar-refractivity contribution in [3.63, 3.8) is 0 Å². The summed E-state index contributed by atoms with van der Waals surface area (Å²) in [6, 6.07) is 0.474. The molecule has 0 radical (unpaired) electrons. The van der Waals surface area contributed by atoms with Gasteiger partial charge in [-0.2, -0.15) is 4.98 Å². The molecule has 2 heterocycles. The third kappa shape index (κ3) is 1.33. The van der Waals surface area contributed by atoms with Gasteiger partial charge in [0.25, 0.3) is 5.56 Å². The Hall–Kier alpha value is -1.72. The molecule has 6 heteroatoms. The largest absolute Gasteiger partial charge is 0.373 e. The molecule has 3 N–H and O–H groups in total. The van der Waals surface area contributed by atoms with Crippen LogP contribution in [0.1, 0.15) is 13.8 Å². The highest BCUT2D eigenvalue weighted by Crippen LogP contribution is 2.28. The lowest BCUT2D eigenvalue weighted by Gasteiger charge is -2.38. The highest BCUT2D eigenvalue weighted by atomic mass is 16.1. The van der Waals surface area contributed by atoms with Gasteiger partial charge in [0.2, 0.25) is 5.95 Å².